The second-order valence-electron chi connectivity index (χ2n) is 6.14. The van der Waals surface area contributed by atoms with Gasteiger partial charge in [-0.25, -0.2) is 14.0 Å². The van der Waals surface area contributed by atoms with E-state index in [1.807, 2.05) is 24.5 Å². The van der Waals surface area contributed by atoms with Crippen LogP contribution in [0, 0.1) is 5.82 Å². The lowest BCUT2D eigenvalue weighted by molar-refractivity contribution is -0.159. The molecular weight excluding hydrogens is 353 g/mol. The normalized spacial score (nSPS) is 14.9. The van der Waals surface area contributed by atoms with E-state index in [1.54, 1.807) is 0 Å². The first-order valence-corrected chi connectivity index (χ1v) is 8.48. The third kappa shape index (κ3) is 7.51. The molecule has 3 rings (SSSR count). The van der Waals surface area contributed by atoms with Crippen LogP contribution in [-0.4, -0.2) is 63.1 Å². The molecule has 7 nitrogen and oxygen atoms in total. The highest BCUT2D eigenvalue weighted by Gasteiger charge is 2.17. The predicted molar refractivity (Wildman–Crippen MR) is 96.5 cm³/mol. The number of aromatic nitrogens is 1. The van der Waals surface area contributed by atoms with Crippen LogP contribution >= 0.6 is 0 Å². The molecular formula is C19H22FN3O4. The van der Waals surface area contributed by atoms with Crippen LogP contribution in [0.3, 0.4) is 0 Å². The summed E-state index contributed by atoms with van der Waals surface area (Å²) in [6.07, 6.45) is 3.69. The lowest BCUT2D eigenvalue weighted by Crippen LogP contribution is -2.45. The highest BCUT2D eigenvalue weighted by Crippen LogP contribution is 2.11. The fourth-order valence-corrected chi connectivity index (χ4v) is 2.70. The summed E-state index contributed by atoms with van der Waals surface area (Å²) in [5, 5.41) is 14.8. The van der Waals surface area contributed by atoms with E-state index in [0.717, 1.165) is 39.3 Å². The summed E-state index contributed by atoms with van der Waals surface area (Å²) in [4.78, 5) is 27.1. The van der Waals surface area contributed by atoms with Crippen molar-refractivity contribution in [2.24, 2.45) is 0 Å². The number of pyridine rings is 1. The lowest BCUT2D eigenvalue weighted by atomic mass is 10.2. The minimum atomic E-state index is -1.82. The first-order chi connectivity index (χ1) is 12.9. The summed E-state index contributed by atoms with van der Waals surface area (Å²) in [5.41, 5.74) is 2.50. The molecule has 0 atom stereocenters. The van der Waals surface area contributed by atoms with E-state index in [1.165, 1.54) is 23.3 Å². The third-order valence-corrected chi connectivity index (χ3v) is 4.12. The lowest BCUT2D eigenvalue weighted by Gasteiger charge is -2.34. The summed E-state index contributed by atoms with van der Waals surface area (Å²) in [6, 6.07) is 11.0. The van der Waals surface area contributed by atoms with Crippen LogP contribution < -0.4 is 0 Å². The Balaban J connectivity index is 0.000000380. The first-order valence-electron chi connectivity index (χ1n) is 8.48. The zero-order valence-electron chi connectivity index (χ0n) is 14.8. The topological polar surface area (TPSA) is 94.0 Å². The molecule has 0 amide bonds. The largest absolute Gasteiger partial charge is 0.473 e. The molecule has 0 bridgehead atoms. The van der Waals surface area contributed by atoms with Crippen molar-refractivity contribution in [3.63, 3.8) is 0 Å². The van der Waals surface area contributed by atoms with Crippen molar-refractivity contribution < 1.29 is 24.2 Å². The Morgan fingerprint density at radius 2 is 1.22 bits per heavy atom. The van der Waals surface area contributed by atoms with Gasteiger partial charge in [-0.3, -0.25) is 14.8 Å². The minimum Gasteiger partial charge on any atom is -0.473 e. The van der Waals surface area contributed by atoms with Gasteiger partial charge in [-0.1, -0.05) is 12.1 Å². The van der Waals surface area contributed by atoms with Crippen LogP contribution in [0.1, 0.15) is 11.1 Å². The van der Waals surface area contributed by atoms with E-state index in [4.69, 9.17) is 19.8 Å². The van der Waals surface area contributed by atoms with Crippen LogP contribution in [0.15, 0.2) is 48.8 Å². The number of carbonyl (C=O) groups is 2. The molecule has 27 heavy (non-hydrogen) atoms. The smallest absolute Gasteiger partial charge is 0.414 e. The van der Waals surface area contributed by atoms with E-state index in [0.29, 0.717) is 0 Å². The molecule has 0 spiro atoms. The molecule has 0 radical (unpaired) electrons. The Hall–Kier alpha value is -2.84. The standard InChI is InChI=1S/C17H20FN3.C2H2O4/c18-17-3-1-15(2-4-17)13-20-9-11-21(12-10-20)14-16-5-7-19-8-6-16;3-1(4)2(5)6/h1-8H,9-14H2;(H,3,4)(H,5,6). The van der Waals surface area contributed by atoms with Crippen LogP contribution in [0.25, 0.3) is 0 Å². The minimum absolute atomic E-state index is 0.166. The van der Waals surface area contributed by atoms with Crippen LogP contribution in [-0.2, 0) is 22.7 Å². The van der Waals surface area contributed by atoms with E-state index < -0.39 is 11.9 Å². The van der Waals surface area contributed by atoms with Crippen molar-refractivity contribution in [1.82, 2.24) is 14.8 Å². The average Bonchev–Trinajstić information content (AvgIpc) is 2.66. The van der Waals surface area contributed by atoms with Crippen molar-refractivity contribution in [1.29, 1.82) is 0 Å². The summed E-state index contributed by atoms with van der Waals surface area (Å²) in [5.74, 6) is -3.81. The first kappa shape index (κ1) is 20.5. The highest BCUT2D eigenvalue weighted by atomic mass is 19.1. The van der Waals surface area contributed by atoms with Gasteiger partial charge in [0.15, 0.2) is 0 Å². The fourth-order valence-electron chi connectivity index (χ4n) is 2.70. The second kappa shape index (κ2) is 10.3. The van der Waals surface area contributed by atoms with Gasteiger partial charge < -0.3 is 10.2 Å². The molecule has 2 heterocycles. The molecule has 1 fully saturated rings. The number of carboxylic acids is 2. The maximum atomic E-state index is 12.9. The number of carboxylic acid groups (broad SMARTS) is 2. The monoisotopic (exact) mass is 375 g/mol. The van der Waals surface area contributed by atoms with Crippen molar-refractivity contribution >= 4 is 11.9 Å². The van der Waals surface area contributed by atoms with Gasteiger partial charge in [0, 0.05) is 51.7 Å². The summed E-state index contributed by atoms with van der Waals surface area (Å²) >= 11 is 0. The Morgan fingerprint density at radius 3 is 1.63 bits per heavy atom. The fraction of sp³-hybridized carbons (Fsp3) is 0.316. The van der Waals surface area contributed by atoms with Gasteiger partial charge in [-0.05, 0) is 35.4 Å². The van der Waals surface area contributed by atoms with Gasteiger partial charge >= 0.3 is 11.9 Å². The van der Waals surface area contributed by atoms with E-state index >= 15 is 0 Å². The SMILES string of the molecule is Fc1ccc(CN2CCN(Cc3ccncc3)CC2)cc1.O=C(O)C(=O)O. The molecule has 1 aliphatic heterocycles. The maximum Gasteiger partial charge on any atom is 0.414 e. The van der Waals surface area contributed by atoms with Gasteiger partial charge in [0.25, 0.3) is 0 Å². The molecule has 1 aromatic heterocycles. The Labute approximate surface area is 156 Å². The van der Waals surface area contributed by atoms with Crippen molar-refractivity contribution in [2.75, 3.05) is 26.2 Å². The molecule has 1 aromatic carbocycles. The molecule has 0 saturated carbocycles. The van der Waals surface area contributed by atoms with E-state index in [9.17, 15) is 4.39 Å². The highest BCUT2D eigenvalue weighted by molar-refractivity contribution is 6.27. The summed E-state index contributed by atoms with van der Waals surface area (Å²) in [7, 11) is 0. The number of benzene rings is 1. The molecule has 0 unspecified atom stereocenters. The van der Waals surface area contributed by atoms with Gasteiger partial charge in [0.05, 0.1) is 0 Å². The number of hydrogen-bond donors (Lipinski definition) is 2. The molecule has 8 heteroatoms. The molecule has 144 valence electrons. The Bertz CT molecular complexity index is 720. The van der Waals surface area contributed by atoms with Crippen LogP contribution in [0.4, 0.5) is 4.39 Å². The number of halogens is 1. The molecule has 1 saturated heterocycles. The Kier molecular flexibility index (Phi) is 7.84. The summed E-state index contributed by atoms with van der Waals surface area (Å²) < 4.78 is 12.9. The zero-order valence-corrected chi connectivity index (χ0v) is 14.8. The zero-order chi connectivity index (χ0) is 19.6. The van der Waals surface area contributed by atoms with Crippen LogP contribution in [0.5, 0.6) is 0 Å². The van der Waals surface area contributed by atoms with Crippen LogP contribution in [0.2, 0.25) is 0 Å². The maximum absolute atomic E-state index is 12.9. The number of piperazine rings is 1. The third-order valence-electron chi connectivity index (χ3n) is 4.12. The van der Waals surface area contributed by atoms with E-state index in [-0.39, 0.29) is 5.82 Å². The van der Waals surface area contributed by atoms with Gasteiger partial charge in [-0.2, -0.15) is 0 Å². The van der Waals surface area contributed by atoms with Gasteiger partial charge in [0.2, 0.25) is 0 Å². The van der Waals surface area contributed by atoms with Crippen molar-refractivity contribution in [3.05, 3.63) is 65.7 Å². The predicted octanol–water partition coefficient (Wildman–Crippen LogP) is 1.69. The van der Waals surface area contributed by atoms with E-state index in [2.05, 4.69) is 26.9 Å². The molecule has 1 aliphatic rings. The second-order valence-corrected chi connectivity index (χ2v) is 6.14. The van der Waals surface area contributed by atoms with Gasteiger partial charge in [0.1, 0.15) is 5.82 Å². The molecule has 2 N–H and O–H groups in total. The van der Waals surface area contributed by atoms with Gasteiger partial charge in [-0.15, -0.1) is 0 Å². The quantitative estimate of drug-likeness (QED) is 0.786. The molecule has 0 aliphatic carbocycles. The van der Waals surface area contributed by atoms with Crippen molar-refractivity contribution in [2.45, 2.75) is 13.1 Å². The van der Waals surface area contributed by atoms with Crippen molar-refractivity contribution in [3.8, 4) is 0 Å². The average molecular weight is 375 g/mol. The summed E-state index contributed by atoms with van der Waals surface area (Å²) in [6.45, 7) is 6.16. The number of nitrogens with zero attached hydrogens (tertiary/aromatic N) is 3. The molecule has 2 aromatic rings. The number of rotatable bonds is 4. The number of hydrogen-bond acceptors (Lipinski definition) is 5. The number of aliphatic carboxylic acids is 2. The Morgan fingerprint density at radius 1 is 0.815 bits per heavy atom.